The molecule has 0 fully saturated rings. The standard InChI is InChI=1S/C10H13NO3S/c1-6-3-4-15-8(6)9(12)11-5-7(2)10(13)14/h3-4,7H,5H2,1-2H3,(H,11,12)(H,13,14). The van der Waals surface area contributed by atoms with Gasteiger partial charge in [-0.05, 0) is 23.9 Å². The maximum absolute atomic E-state index is 11.6. The van der Waals surface area contributed by atoms with Gasteiger partial charge in [0.1, 0.15) is 0 Å². The fourth-order valence-corrected chi connectivity index (χ4v) is 1.86. The molecule has 1 unspecified atom stereocenters. The summed E-state index contributed by atoms with van der Waals surface area (Å²) < 4.78 is 0. The lowest BCUT2D eigenvalue weighted by Gasteiger charge is -2.07. The minimum Gasteiger partial charge on any atom is -0.481 e. The van der Waals surface area contributed by atoms with E-state index >= 15 is 0 Å². The smallest absolute Gasteiger partial charge is 0.308 e. The molecule has 0 aromatic carbocycles. The Hall–Kier alpha value is -1.36. The molecular weight excluding hydrogens is 214 g/mol. The van der Waals surface area contributed by atoms with Crippen molar-refractivity contribution in [2.45, 2.75) is 13.8 Å². The highest BCUT2D eigenvalue weighted by Gasteiger charge is 2.14. The summed E-state index contributed by atoms with van der Waals surface area (Å²) in [6.07, 6.45) is 0. The minimum atomic E-state index is -0.904. The summed E-state index contributed by atoms with van der Waals surface area (Å²) in [4.78, 5) is 22.7. The molecule has 82 valence electrons. The monoisotopic (exact) mass is 227 g/mol. The molecule has 1 aromatic heterocycles. The number of rotatable bonds is 4. The molecule has 1 amide bonds. The fourth-order valence-electron chi connectivity index (χ4n) is 1.02. The van der Waals surface area contributed by atoms with E-state index in [0.717, 1.165) is 5.56 Å². The number of carboxylic acid groups (broad SMARTS) is 1. The van der Waals surface area contributed by atoms with Crippen molar-refractivity contribution in [1.82, 2.24) is 5.32 Å². The number of hydrogen-bond donors (Lipinski definition) is 2. The molecule has 0 aliphatic rings. The van der Waals surface area contributed by atoms with Crippen LogP contribution < -0.4 is 5.32 Å². The van der Waals surface area contributed by atoms with Gasteiger partial charge in [-0.2, -0.15) is 0 Å². The molecule has 0 aliphatic heterocycles. The number of thiophene rings is 1. The largest absolute Gasteiger partial charge is 0.481 e. The van der Waals surface area contributed by atoms with Gasteiger partial charge < -0.3 is 10.4 Å². The van der Waals surface area contributed by atoms with E-state index in [2.05, 4.69) is 5.32 Å². The highest BCUT2D eigenvalue weighted by molar-refractivity contribution is 7.12. The lowest BCUT2D eigenvalue weighted by Crippen LogP contribution is -2.31. The van der Waals surface area contributed by atoms with E-state index in [9.17, 15) is 9.59 Å². The van der Waals surface area contributed by atoms with Crippen molar-refractivity contribution >= 4 is 23.2 Å². The Morgan fingerprint density at radius 3 is 2.73 bits per heavy atom. The Bertz CT molecular complexity index is 372. The van der Waals surface area contributed by atoms with Gasteiger partial charge in [-0.1, -0.05) is 6.92 Å². The maximum Gasteiger partial charge on any atom is 0.308 e. The van der Waals surface area contributed by atoms with E-state index in [0.29, 0.717) is 4.88 Å². The van der Waals surface area contributed by atoms with Crippen LogP contribution in [0, 0.1) is 12.8 Å². The van der Waals surface area contributed by atoms with Gasteiger partial charge in [-0.3, -0.25) is 9.59 Å². The summed E-state index contributed by atoms with van der Waals surface area (Å²) in [6.45, 7) is 3.57. The first kappa shape index (κ1) is 11.7. The first-order valence-electron chi connectivity index (χ1n) is 4.57. The molecule has 0 saturated heterocycles. The van der Waals surface area contributed by atoms with Crippen LogP contribution in [-0.4, -0.2) is 23.5 Å². The summed E-state index contributed by atoms with van der Waals surface area (Å²) >= 11 is 1.36. The summed E-state index contributed by atoms with van der Waals surface area (Å²) in [5, 5.41) is 13.1. The molecular formula is C10H13NO3S. The first-order valence-corrected chi connectivity index (χ1v) is 5.45. The molecule has 0 aliphatic carbocycles. The highest BCUT2D eigenvalue weighted by atomic mass is 32.1. The molecule has 1 rings (SSSR count). The zero-order valence-electron chi connectivity index (χ0n) is 8.61. The van der Waals surface area contributed by atoms with Crippen molar-refractivity contribution in [1.29, 1.82) is 0 Å². The minimum absolute atomic E-state index is 0.158. The number of nitrogens with one attached hydrogen (secondary N) is 1. The molecule has 1 aromatic rings. The molecule has 0 bridgehead atoms. The van der Waals surface area contributed by atoms with Gasteiger partial charge in [0.2, 0.25) is 0 Å². The second-order valence-electron chi connectivity index (χ2n) is 3.38. The highest BCUT2D eigenvalue weighted by Crippen LogP contribution is 2.14. The topological polar surface area (TPSA) is 66.4 Å². The fraction of sp³-hybridized carbons (Fsp3) is 0.400. The number of hydrogen-bond acceptors (Lipinski definition) is 3. The SMILES string of the molecule is Cc1ccsc1C(=O)NCC(C)C(=O)O. The Morgan fingerprint density at radius 1 is 1.60 bits per heavy atom. The van der Waals surface area contributed by atoms with E-state index in [1.54, 1.807) is 6.92 Å². The van der Waals surface area contributed by atoms with Crippen LogP contribution in [0.4, 0.5) is 0 Å². The molecule has 2 N–H and O–H groups in total. The molecule has 0 spiro atoms. The summed E-state index contributed by atoms with van der Waals surface area (Å²) in [5.74, 6) is -1.66. The second kappa shape index (κ2) is 4.93. The van der Waals surface area contributed by atoms with Crippen LogP contribution in [-0.2, 0) is 4.79 Å². The van der Waals surface area contributed by atoms with Gasteiger partial charge in [0.05, 0.1) is 10.8 Å². The Morgan fingerprint density at radius 2 is 2.27 bits per heavy atom. The van der Waals surface area contributed by atoms with E-state index in [1.165, 1.54) is 11.3 Å². The lowest BCUT2D eigenvalue weighted by molar-refractivity contribution is -0.140. The molecule has 1 atom stereocenters. The normalized spacial score (nSPS) is 12.1. The van der Waals surface area contributed by atoms with Gasteiger partial charge in [0.15, 0.2) is 0 Å². The van der Waals surface area contributed by atoms with Gasteiger partial charge >= 0.3 is 5.97 Å². The number of carbonyl (C=O) groups excluding carboxylic acids is 1. The lowest BCUT2D eigenvalue weighted by atomic mass is 10.2. The van der Waals surface area contributed by atoms with Crippen LogP contribution in [0.5, 0.6) is 0 Å². The summed E-state index contributed by atoms with van der Waals surface area (Å²) in [6, 6.07) is 1.86. The predicted octanol–water partition coefficient (Wildman–Crippen LogP) is 1.51. The Balaban J connectivity index is 2.51. The molecule has 5 heteroatoms. The summed E-state index contributed by atoms with van der Waals surface area (Å²) in [5.41, 5.74) is 0.917. The van der Waals surface area contributed by atoms with Crippen LogP contribution in [0.1, 0.15) is 22.2 Å². The number of carboxylic acids is 1. The van der Waals surface area contributed by atoms with Gasteiger partial charge in [0, 0.05) is 6.54 Å². The third kappa shape index (κ3) is 3.06. The zero-order valence-corrected chi connectivity index (χ0v) is 9.43. The maximum atomic E-state index is 11.6. The van der Waals surface area contributed by atoms with E-state index in [1.807, 2.05) is 18.4 Å². The number of aliphatic carboxylic acids is 1. The van der Waals surface area contributed by atoms with Crippen LogP contribution in [0.3, 0.4) is 0 Å². The number of carbonyl (C=O) groups is 2. The number of aryl methyl sites for hydroxylation is 1. The zero-order chi connectivity index (χ0) is 11.4. The van der Waals surface area contributed by atoms with Crippen molar-refractivity contribution in [2.24, 2.45) is 5.92 Å². The number of amides is 1. The van der Waals surface area contributed by atoms with Crippen molar-refractivity contribution in [2.75, 3.05) is 6.54 Å². The average Bonchev–Trinajstić information content (AvgIpc) is 2.60. The van der Waals surface area contributed by atoms with Gasteiger partial charge in [-0.25, -0.2) is 0 Å². The molecule has 0 saturated carbocycles. The first-order chi connectivity index (χ1) is 7.02. The van der Waals surface area contributed by atoms with E-state index < -0.39 is 11.9 Å². The third-order valence-electron chi connectivity index (χ3n) is 2.06. The Kier molecular flexibility index (Phi) is 3.85. The Labute approximate surface area is 91.9 Å². The van der Waals surface area contributed by atoms with Crippen molar-refractivity contribution in [3.63, 3.8) is 0 Å². The summed E-state index contributed by atoms with van der Waals surface area (Å²) in [7, 11) is 0. The van der Waals surface area contributed by atoms with Crippen LogP contribution in [0.2, 0.25) is 0 Å². The quantitative estimate of drug-likeness (QED) is 0.819. The molecule has 15 heavy (non-hydrogen) atoms. The molecule has 0 radical (unpaired) electrons. The van der Waals surface area contributed by atoms with E-state index in [4.69, 9.17) is 5.11 Å². The van der Waals surface area contributed by atoms with Crippen LogP contribution >= 0.6 is 11.3 Å². The van der Waals surface area contributed by atoms with Crippen molar-refractivity contribution in [3.8, 4) is 0 Å². The van der Waals surface area contributed by atoms with Gasteiger partial charge in [-0.15, -0.1) is 11.3 Å². The molecule has 1 heterocycles. The predicted molar refractivity (Wildman–Crippen MR) is 58.2 cm³/mol. The van der Waals surface area contributed by atoms with Crippen LogP contribution in [0.25, 0.3) is 0 Å². The third-order valence-corrected chi connectivity index (χ3v) is 3.07. The molecule has 4 nitrogen and oxygen atoms in total. The second-order valence-corrected chi connectivity index (χ2v) is 4.30. The van der Waals surface area contributed by atoms with Crippen LogP contribution in [0.15, 0.2) is 11.4 Å². The average molecular weight is 227 g/mol. The van der Waals surface area contributed by atoms with Crippen molar-refractivity contribution < 1.29 is 14.7 Å². The van der Waals surface area contributed by atoms with E-state index in [-0.39, 0.29) is 12.5 Å². The van der Waals surface area contributed by atoms with Gasteiger partial charge in [0.25, 0.3) is 5.91 Å². The van der Waals surface area contributed by atoms with Crippen molar-refractivity contribution in [3.05, 3.63) is 21.9 Å².